The van der Waals surface area contributed by atoms with Gasteiger partial charge in [-0.3, -0.25) is 13.9 Å². The minimum atomic E-state index is -0.377. The highest BCUT2D eigenvalue weighted by Gasteiger charge is 2.19. The van der Waals surface area contributed by atoms with E-state index in [4.69, 9.17) is 4.74 Å². The first-order valence-corrected chi connectivity index (χ1v) is 9.43. The van der Waals surface area contributed by atoms with Crippen LogP contribution in [0.1, 0.15) is 12.5 Å². The Balaban J connectivity index is 2.13. The Hall–Kier alpha value is -2.32. The van der Waals surface area contributed by atoms with Crippen molar-refractivity contribution in [2.24, 2.45) is 14.1 Å². The van der Waals surface area contributed by atoms with Crippen LogP contribution in [-0.4, -0.2) is 37.7 Å². The number of rotatable bonds is 7. The summed E-state index contributed by atoms with van der Waals surface area (Å²) in [6.07, 6.45) is 0. The minimum Gasteiger partial charge on any atom is -0.381 e. The fourth-order valence-electron chi connectivity index (χ4n) is 2.79. The lowest BCUT2D eigenvalue weighted by Crippen LogP contribution is -2.37. The maximum Gasteiger partial charge on any atom is 0.332 e. The maximum absolute atomic E-state index is 12.8. The molecule has 0 N–H and O–H groups in total. The van der Waals surface area contributed by atoms with Crippen molar-refractivity contribution < 1.29 is 4.74 Å². The Morgan fingerprint density at radius 2 is 1.85 bits per heavy atom. The van der Waals surface area contributed by atoms with Crippen molar-refractivity contribution in [3.63, 3.8) is 0 Å². The highest BCUT2D eigenvalue weighted by atomic mass is 32.2. The monoisotopic (exact) mass is 374 g/mol. The molecule has 0 saturated heterocycles. The van der Waals surface area contributed by atoms with Crippen LogP contribution in [0.2, 0.25) is 0 Å². The van der Waals surface area contributed by atoms with Gasteiger partial charge in [-0.2, -0.15) is 0 Å². The van der Waals surface area contributed by atoms with Crippen molar-refractivity contribution in [3.05, 3.63) is 56.7 Å². The van der Waals surface area contributed by atoms with Gasteiger partial charge in [0.15, 0.2) is 16.3 Å². The van der Waals surface area contributed by atoms with E-state index < -0.39 is 0 Å². The summed E-state index contributed by atoms with van der Waals surface area (Å²) in [7, 11) is 3.13. The van der Waals surface area contributed by atoms with Crippen LogP contribution in [0, 0.1) is 0 Å². The summed E-state index contributed by atoms with van der Waals surface area (Å²) in [6, 6.07) is 9.89. The third-order valence-corrected chi connectivity index (χ3v) is 5.10. The zero-order valence-corrected chi connectivity index (χ0v) is 16.0. The number of fused-ring (bicyclic) bond motifs is 1. The van der Waals surface area contributed by atoms with Gasteiger partial charge in [-0.05, 0) is 12.5 Å². The molecular formula is C18H22N4O3S. The molecule has 0 bridgehead atoms. The number of aromatic nitrogens is 4. The summed E-state index contributed by atoms with van der Waals surface area (Å²) in [6.45, 7) is 3.74. The van der Waals surface area contributed by atoms with Gasteiger partial charge in [-0.15, -0.1) is 0 Å². The molecule has 7 nitrogen and oxygen atoms in total. The normalized spacial score (nSPS) is 11.3. The van der Waals surface area contributed by atoms with Crippen molar-refractivity contribution >= 4 is 22.9 Å². The Kier molecular flexibility index (Phi) is 5.63. The van der Waals surface area contributed by atoms with E-state index in [0.29, 0.717) is 36.1 Å². The van der Waals surface area contributed by atoms with Crippen molar-refractivity contribution in [1.29, 1.82) is 0 Å². The summed E-state index contributed by atoms with van der Waals surface area (Å²) in [4.78, 5) is 29.6. The lowest BCUT2D eigenvalue weighted by Gasteiger charge is -2.09. The van der Waals surface area contributed by atoms with Gasteiger partial charge in [0.25, 0.3) is 5.56 Å². The lowest BCUT2D eigenvalue weighted by molar-refractivity contribution is 0.164. The van der Waals surface area contributed by atoms with Crippen LogP contribution in [0.15, 0.2) is 45.1 Å². The van der Waals surface area contributed by atoms with E-state index in [2.05, 4.69) is 4.98 Å². The van der Waals surface area contributed by atoms with Crippen molar-refractivity contribution in [2.45, 2.75) is 18.6 Å². The van der Waals surface area contributed by atoms with Crippen LogP contribution in [0.3, 0.4) is 0 Å². The Labute approximate surface area is 155 Å². The van der Waals surface area contributed by atoms with Gasteiger partial charge in [-0.1, -0.05) is 42.1 Å². The summed E-state index contributed by atoms with van der Waals surface area (Å²) < 4.78 is 9.83. The van der Waals surface area contributed by atoms with Gasteiger partial charge in [0.05, 0.1) is 13.2 Å². The topological polar surface area (TPSA) is 71.1 Å². The zero-order chi connectivity index (χ0) is 18.7. The van der Waals surface area contributed by atoms with Gasteiger partial charge in [-0.25, -0.2) is 9.78 Å². The molecule has 0 aliphatic rings. The SMILES string of the molecule is CCOCCSc1nc2c(c(=O)n(C)c(=O)n2C)n1Cc1ccccc1. The number of imidazole rings is 1. The predicted octanol–water partition coefficient (Wildman–Crippen LogP) is 1.61. The molecule has 3 aromatic rings. The van der Waals surface area contributed by atoms with E-state index in [1.165, 1.54) is 23.4 Å². The number of hydrogen-bond acceptors (Lipinski definition) is 5. The standard InChI is InChI=1S/C18H22N4O3S/c1-4-25-10-11-26-17-19-15-14(16(23)21(3)18(24)20(15)2)22(17)12-13-8-6-5-7-9-13/h5-9H,4,10-12H2,1-3H3. The average molecular weight is 374 g/mol. The van der Waals surface area contributed by atoms with E-state index in [1.54, 1.807) is 7.05 Å². The third kappa shape index (κ3) is 3.47. The van der Waals surface area contributed by atoms with Crippen molar-refractivity contribution in [3.8, 4) is 0 Å². The quantitative estimate of drug-likeness (QED) is 0.464. The Bertz CT molecular complexity index is 1020. The Morgan fingerprint density at radius 3 is 2.54 bits per heavy atom. The van der Waals surface area contributed by atoms with Crippen molar-refractivity contribution in [2.75, 3.05) is 19.0 Å². The fraction of sp³-hybridized carbons (Fsp3) is 0.389. The van der Waals surface area contributed by atoms with Gasteiger partial charge in [0.2, 0.25) is 0 Å². The van der Waals surface area contributed by atoms with Crippen LogP contribution in [0.25, 0.3) is 11.2 Å². The smallest absolute Gasteiger partial charge is 0.332 e. The molecule has 26 heavy (non-hydrogen) atoms. The van der Waals surface area contributed by atoms with Gasteiger partial charge in [0.1, 0.15) is 0 Å². The molecule has 138 valence electrons. The number of aryl methyl sites for hydroxylation is 1. The molecule has 2 heterocycles. The zero-order valence-electron chi connectivity index (χ0n) is 15.1. The second-order valence-corrected chi connectivity index (χ2v) is 6.95. The minimum absolute atomic E-state index is 0.330. The number of thioether (sulfide) groups is 1. The molecule has 3 rings (SSSR count). The molecule has 0 fully saturated rings. The average Bonchev–Trinajstić information content (AvgIpc) is 3.01. The molecule has 0 spiro atoms. The lowest BCUT2D eigenvalue weighted by atomic mass is 10.2. The number of ether oxygens (including phenoxy) is 1. The maximum atomic E-state index is 12.8. The highest BCUT2D eigenvalue weighted by molar-refractivity contribution is 7.99. The number of nitrogens with zero attached hydrogens (tertiary/aromatic N) is 4. The second kappa shape index (κ2) is 7.92. The van der Waals surface area contributed by atoms with E-state index >= 15 is 0 Å². The van der Waals surface area contributed by atoms with Crippen LogP contribution in [0.4, 0.5) is 0 Å². The highest BCUT2D eigenvalue weighted by Crippen LogP contribution is 2.22. The molecule has 0 radical (unpaired) electrons. The summed E-state index contributed by atoms with van der Waals surface area (Å²) in [5, 5.41) is 0.710. The molecule has 0 aliphatic heterocycles. The first kappa shape index (κ1) is 18.5. The van der Waals surface area contributed by atoms with E-state index in [9.17, 15) is 9.59 Å². The van der Waals surface area contributed by atoms with Crippen molar-refractivity contribution in [1.82, 2.24) is 18.7 Å². The fourth-order valence-corrected chi connectivity index (χ4v) is 3.63. The summed E-state index contributed by atoms with van der Waals surface area (Å²) in [5.41, 5.74) is 1.21. The predicted molar refractivity (Wildman–Crippen MR) is 103 cm³/mol. The number of benzene rings is 1. The molecule has 2 aromatic heterocycles. The molecule has 0 amide bonds. The first-order chi connectivity index (χ1) is 12.5. The first-order valence-electron chi connectivity index (χ1n) is 8.45. The van der Waals surface area contributed by atoms with Crippen LogP contribution in [-0.2, 0) is 25.4 Å². The van der Waals surface area contributed by atoms with Gasteiger partial charge >= 0.3 is 5.69 Å². The summed E-state index contributed by atoms with van der Waals surface area (Å²) in [5.74, 6) is 0.722. The molecule has 0 atom stereocenters. The number of hydrogen-bond donors (Lipinski definition) is 0. The Morgan fingerprint density at radius 1 is 1.12 bits per heavy atom. The molecule has 0 aliphatic carbocycles. The molecule has 8 heteroatoms. The second-order valence-electron chi connectivity index (χ2n) is 5.89. The molecular weight excluding hydrogens is 352 g/mol. The summed E-state index contributed by atoms with van der Waals surface area (Å²) >= 11 is 1.52. The largest absolute Gasteiger partial charge is 0.381 e. The molecule has 0 unspecified atom stereocenters. The van der Waals surface area contributed by atoms with E-state index in [-0.39, 0.29) is 11.2 Å². The van der Waals surface area contributed by atoms with Crippen LogP contribution in [0.5, 0.6) is 0 Å². The van der Waals surface area contributed by atoms with Crippen LogP contribution >= 0.6 is 11.8 Å². The molecule has 0 saturated carbocycles. The third-order valence-electron chi connectivity index (χ3n) is 4.16. The van der Waals surface area contributed by atoms with E-state index in [0.717, 1.165) is 15.9 Å². The van der Waals surface area contributed by atoms with Crippen LogP contribution < -0.4 is 11.2 Å². The van der Waals surface area contributed by atoms with Gasteiger partial charge < -0.3 is 9.30 Å². The molecule has 1 aromatic carbocycles. The van der Waals surface area contributed by atoms with Gasteiger partial charge in [0, 0.05) is 26.5 Å². The van der Waals surface area contributed by atoms with E-state index in [1.807, 2.05) is 41.8 Å².